The number of aliphatic hydroxyl groups excluding tert-OH is 3. The van der Waals surface area contributed by atoms with Gasteiger partial charge in [-0.15, -0.1) is 16.9 Å². The highest BCUT2D eigenvalue weighted by molar-refractivity contribution is 7.98. The molecule has 0 unspecified atom stereocenters. The lowest BCUT2D eigenvalue weighted by Gasteiger charge is -2.39. The molecule has 1 aliphatic heterocycles. The van der Waals surface area contributed by atoms with Crippen molar-refractivity contribution in [2.75, 3.05) is 20.0 Å². The van der Waals surface area contributed by atoms with Gasteiger partial charge in [0.15, 0.2) is 0 Å². The highest BCUT2D eigenvalue weighted by Crippen LogP contribution is 2.31. The van der Waals surface area contributed by atoms with E-state index in [9.17, 15) is 24.5 Å². The van der Waals surface area contributed by atoms with Gasteiger partial charge >= 0.3 is 6.16 Å². The standard InChI is InChI=1S/C23H31FN2O8S/c1-11(2)26-12(3)14(8-13-6-7-17(35-5)15(24)9-13)21(25-26)34-22-20(29)19(28)18(27)16(33-22)10-32-23(30)31-4/h6-7,9,11,16,18-20,22,27-29H,8,10H2,1-5H3/t16-,18-,19+,20-,22+/m1/s1. The van der Waals surface area contributed by atoms with Gasteiger partial charge in [0.2, 0.25) is 12.2 Å². The Labute approximate surface area is 206 Å². The lowest BCUT2D eigenvalue weighted by atomic mass is 9.99. The van der Waals surface area contributed by atoms with E-state index >= 15 is 0 Å². The van der Waals surface area contributed by atoms with E-state index in [2.05, 4.69) is 9.84 Å². The molecule has 0 bridgehead atoms. The fraction of sp³-hybridized carbons (Fsp3) is 0.565. The maximum Gasteiger partial charge on any atom is 0.508 e. The van der Waals surface area contributed by atoms with Crippen molar-refractivity contribution in [3.63, 3.8) is 0 Å². The van der Waals surface area contributed by atoms with E-state index in [1.807, 2.05) is 26.8 Å². The van der Waals surface area contributed by atoms with E-state index in [1.54, 1.807) is 17.0 Å². The minimum atomic E-state index is -1.63. The second-order valence-electron chi connectivity index (χ2n) is 8.45. The number of aliphatic hydroxyl groups is 3. The number of benzene rings is 1. The van der Waals surface area contributed by atoms with Crippen molar-refractivity contribution >= 4 is 17.9 Å². The highest BCUT2D eigenvalue weighted by atomic mass is 32.2. The Morgan fingerprint density at radius 2 is 1.97 bits per heavy atom. The number of rotatable bonds is 8. The van der Waals surface area contributed by atoms with Crippen LogP contribution in [0.15, 0.2) is 23.1 Å². The Balaban J connectivity index is 1.88. The second-order valence-corrected chi connectivity index (χ2v) is 9.30. The van der Waals surface area contributed by atoms with E-state index in [0.717, 1.165) is 12.8 Å². The Bertz CT molecular complexity index is 1030. The maximum atomic E-state index is 14.4. The van der Waals surface area contributed by atoms with E-state index in [4.69, 9.17) is 14.2 Å². The van der Waals surface area contributed by atoms with E-state index in [0.29, 0.717) is 22.4 Å². The number of hydrogen-bond donors (Lipinski definition) is 3. The van der Waals surface area contributed by atoms with Gasteiger partial charge in [0, 0.05) is 28.6 Å². The molecule has 0 aliphatic carbocycles. The molecular formula is C23H31FN2O8S. The van der Waals surface area contributed by atoms with Crippen molar-refractivity contribution < 1.29 is 43.5 Å². The molecule has 1 aromatic carbocycles. The van der Waals surface area contributed by atoms with Crippen molar-refractivity contribution in [1.82, 2.24) is 9.78 Å². The van der Waals surface area contributed by atoms with Crippen LogP contribution < -0.4 is 4.74 Å². The minimum Gasteiger partial charge on any atom is -0.443 e. The first-order valence-corrected chi connectivity index (χ1v) is 12.3. The van der Waals surface area contributed by atoms with Crippen LogP contribution in [-0.2, 0) is 20.6 Å². The van der Waals surface area contributed by atoms with Crippen molar-refractivity contribution in [3.8, 4) is 5.88 Å². The fourth-order valence-corrected chi connectivity index (χ4v) is 4.28. The fourth-order valence-electron chi connectivity index (χ4n) is 3.82. The van der Waals surface area contributed by atoms with Crippen LogP contribution >= 0.6 is 11.8 Å². The SMILES string of the molecule is COC(=O)OC[C@H]1O[C@@H](Oc2nn(C(C)C)c(C)c2Cc2ccc(SC)c(F)c2)[C@H](O)[C@@H](O)[C@@H]1O. The molecule has 194 valence electrons. The van der Waals surface area contributed by atoms with Gasteiger partial charge in [-0.05, 0) is 44.7 Å². The molecule has 2 aromatic rings. The summed E-state index contributed by atoms with van der Waals surface area (Å²) >= 11 is 1.31. The number of carbonyl (C=O) groups excluding carboxylic acids is 1. The van der Waals surface area contributed by atoms with Gasteiger partial charge in [-0.3, -0.25) is 4.68 Å². The Morgan fingerprint density at radius 1 is 1.26 bits per heavy atom. The number of nitrogens with zero attached hydrogens (tertiary/aromatic N) is 2. The lowest BCUT2D eigenvalue weighted by molar-refractivity contribution is -0.278. The highest BCUT2D eigenvalue weighted by Gasteiger charge is 2.46. The van der Waals surface area contributed by atoms with Gasteiger partial charge in [-0.2, -0.15) is 0 Å². The zero-order chi connectivity index (χ0) is 25.9. The molecule has 5 atom stereocenters. The molecule has 2 heterocycles. The summed E-state index contributed by atoms with van der Waals surface area (Å²) in [7, 11) is 1.13. The summed E-state index contributed by atoms with van der Waals surface area (Å²) in [5.74, 6) is -0.200. The first kappa shape index (κ1) is 27.2. The average molecular weight is 515 g/mol. The van der Waals surface area contributed by atoms with Crippen molar-refractivity contribution in [3.05, 3.63) is 40.8 Å². The molecule has 1 fully saturated rings. The van der Waals surface area contributed by atoms with Gasteiger partial charge in [0.1, 0.15) is 36.8 Å². The van der Waals surface area contributed by atoms with Crippen LogP contribution in [-0.4, -0.2) is 81.9 Å². The lowest BCUT2D eigenvalue weighted by Crippen LogP contribution is -2.60. The predicted octanol–water partition coefficient (Wildman–Crippen LogP) is 2.19. The normalized spacial score (nSPS) is 24.5. The molecule has 0 radical (unpaired) electrons. The number of halogens is 1. The van der Waals surface area contributed by atoms with Crippen LogP contribution in [0.25, 0.3) is 0 Å². The number of hydrogen-bond acceptors (Lipinski definition) is 10. The van der Waals surface area contributed by atoms with Gasteiger partial charge in [0.25, 0.3) is 0 Å². The molecule has 3 rings (SSSR count). The van der Waals surface area contributed by atoms with Crippen LogP contribution in [0.4, 0.5) is 9.18 Å². The van der Waals surface area contributed by atoms with Gasteiger partial charge in [-0.25, -0.2) is 9.18 Å². The smallest absolute Gasteiger partial charge is 0.443 e. The molecule has 35 heavy (non-hydrogen) atoms. The van der Waals surface area contributed by atoms with Crippen LogP contribution in [0.3, 0.4) is 0 Å². The molecular weight excluding hydrogens is 483 g/mol. The summed E-state index contributed by atoms with van der Waals surface area (Å²) in [5.41, 5.74) is 2.12. The van der Waals surface area contributed by atoms with E-state index in [1.165, 1.54) is 17.8 Å². The first-order chi connectivity index (χ1) is 16.6. The molecule has 12 heteroatoms. The Kier molecular flexibility index (Phi) is 9.00. The molecule has 0 saturated carbocycles. The largest absolute Gasteiger partial charge is 0.508 e. The van der Waals surface area contributed by atoms with Gasteiger partial charge < -0.3 is 34.3 Å². The molecule has 1 aromatic heterocycles. The maximum absolute atomic E-state index is 14.4. The zero-order valence-corrected chi connectivity index (χ0v) is 21.0. The number of ether oxygens (including phenoxy) is 4. The van der Waals surface area contributed by atoms with Crippen LogP contribution in [0, 0.1) is 12.7 Å². The minimum absolute atomic E-state index is 0.0208. The number of thioether (sulfide) groups is 1. The van der Waals surface area contributed by atoms with Crippen LogP contribution in [0.1, 0.15) is 36.7 Å². The van der Waals surface area contributed by atoms with Crippen molar-refractivity contribution in [2.45, 2.75) is 68.8 Å². The summed E-state index contributed by atoms with van der Waals surface area (Å²) in [6.45, 7) is 5.29. The van der Waals surface area contributed by atoms with Gasteiger partial charge in [0.05, 0.1) is 7.11 Å². The quantitative estimate of drug-likeness (QED) is 0.356. The summed E-state index contributed by atoms with van der Waals surface area (Å²) in [6, 6.07) is 4.95. The summed E-state index contributed by atoms with van der Waals surface area (Å²) in [4.78, 5) is 11.8. The van der Waals surface area contributed by atoms with Crippen LogP contribution in [0.5, 0.6) is 5.88 Å². The number of methoxy groups -OCH3 is 1. The average Bonchev–Trinajstić information content (AvgIpc) is 3.13. The van der Waals surface area contributed by atoms with Gasteiger partial charge in [-0.1, -0.05) is 6.07 Å². The summed E-state index contributed by atoms with van der Waals surface area (Å²) in [5, 5.41) is 35.6. The van der Waals surface area contributed by atoms with Crippen LogP contribution in [0.2, 0.25) is 0 Å². The summed E-state index contributed by atoms with van der Waals surface area (Å²) < 4.78 is 36.8. The number of aromatic nitrogens is 2. The topological polar surface area (TPSA) is 132 Å². The molecule has 3 N–H and O–H groups in total. The molecule has 0 spiro atoms. The molecule has 1 saturated heterocycles. The number of carbonyl (C=O) groups is 1. The third kappa shape index (κ3) is 6.07. The molecule has 10 nitrogen and oxygen atoms in total. The van der Waals surface area contributed by atoms with Crippen molar-refractivity contribution in [2.24, 2.45) is 0 Å². The first-order valence-electron chi connectivity index (χ1n) is 11.0. The monoisotopic (exact) mass is 514 g/mol. The molecule has 1 aliphatic rings. The summed E-state index contributed by atoms with van der Waals surface area (Å²) in [6.07, 6.45) is -6.31. The zero-order valence-electron chi connectivity index (χ0n) is 20.2. The second kappa shape index (κ2) is 11.6. The van der Waals surface area contributed by atoms with E-state index < -0.39 is 43.5 Å². The van der Waals surface area contributed by atoms with Crippen molar-refractivity contribution in [1.29, 1.82) is 0 Å². The Hall–Kier alpha value is -2.38. The predicted molar refractivity (Wildman–Crippen MR) is 124 cm³/mol. The third-order valence-corrected chi connectivity index (χ3v) is 6.52. The van der Waals surface area contributed by atoms with E-state index in [-0.39, 0.29) is 17.7 Å². The Morgan fingerprint density at radius 3 is 2.57 bits per heavy atom. The third-order valence-electron chi connectivity index (χ3n) is 5.75. The molecule has 0 amide bonds.